The van der Waals surface area contributed by atoms with Crippen molar-refractivity contribution in [3.63, 3.8) is 0 Å². The lowest BCUT2D eigenvalue weighted by Gasteiger charge is -2.06. The van der Waals surface area contributed by atoms with Crippen molar-refractivity contribution >= 4 is 27.5 Å². The summed E-state index contributed by atoms with van der Waals surface area (Å²) < 4.78 is 1.89. The first kappa shape index (κ1) is 11.3. The van der Waals surface area contributed by atoms with Crippen LogP contribution in [0.25, 0.3) is 0 Å². The molecule has 0 N–H and O–H groups in total. The average Bonchev–Trinajstić information content (AvgIpc) is 2.28. The highest BCUT2D eigenvalue weighted by molar-refractivity contribution is 9.10. The Kier molecular flexibility index (Phi) is 3.36. The zero-order chi connectivity index (χ0) is 11.5. The number of halogens is 2. The third kappa shape index (κ3) is 2.31. The SMILES string of the molecule is O=c1c(Br)cncn1Cc1cccnc1Cl. The molecule has 2 aromatic rings. The molecule has 0 aliphatic carbocycles. The summed E-state index contributed by atoms with van der Waals surface area (Å²) in [7, 11) is 0. The second-order valence-electron chi connectivity index (χ2n) is 3.13. The summed E-state index contributed by atoms with van der Waals surface area (Å²) >= 11 is 9.04. The molecule has 0 amide bonds. The Morgan fingerprint density at radius 3 is 3.06 bits per heavy atom. The maximum Gasteiger partial charge on any atom is 0.267 e. The van der Waals surface area contributed by atoms with E-state index in [1.165, 1.54) is 17.1 Å². The van der Waals surface area contributed by atoms with E-state index in [-0.39, 0.29) is 5.56 Å². The molecule has 0 aliphatic heterocycles. The van der Waals surface area contributed by atoms with Gasteiger partial charge >= 0.3 is 0 Å². The minimum absolute atomic E-state index is 0.144. The van der Waals surface area contributed by atoms with Gasteiger partial charge in [-0.25, -0.2) is 9.97 Å². The van der Waals surface area contributed by atoms with Crippen molar-refractivity contribution in [2.75, 3.05) is 0 Å². The highest BCUT2D eigenvalue weighted by Crippen LogP contribution is 2.12. The first-order valence-electron chi connectivity index (χ1n) is 4.48. The van der Waals surface area contributed by atoms with Crippen molar-refractivity contribution in [1.29, 1.82) is 0 Å². The van der Waals surface area contributed by atoms with E-state index in [0.29, 0.717) is 16.2 Å². The van der Waals surface area contributed by atoms with Crippen molar-refractivity contribution in [3.8, 4) is 0 Å². The van der Waals surface area contributed by atoms with Gasteiger partial charge in [-0.1, -0.05) is 17.7 Å². The molecule has 2 rings (SSSR count). The molecule has 6 heteroatoms. The largest absolute Gasteiger partial charge is 0.294 e. The van der Waals surface area contributed by atoms with Gasteiger partial charge in [-0.05, 0) is 22.0 Å². The summed E-state index contributed by atoms with van der Waals surface area (Å²) in [6, 6.07) is 3.60. The highest BCUT2D eigenvalue weighted by Gasteiger charge is 2.04. The van der Waals surface area contributed by atoms with Gasteiger partial charge in [-0.15, -0.1) is 0 Å². The minimum atomic E-state index is -0.144. The lowest BCUT2D eigenvalue weighted by molar-refractivity contribution is 0.728. The van der Waals surface area contributed by atoms with Crippen LogP contribution in [0.3, 0.4) is 0 Å². The molecule has 0 aromatic carbocycles. The maximum absolute atomic E-state index is 11.7. The van der Waals surface area contributed by atoms with E-state index < -0.39 is 0 Å². The summed E-state index contributed by atoms with van der Waals surface area (Å²) in [5.74, 6) is 0. The van der Waals surface area contributed by atoms with Gasteiger partial charge in [0.25, 0.3) is 5.56 Å². The Balaban J connectivity index is 2.39. The number of hydrogen-bond acceptors (Lipinski definition) is 3. The molecule has 0 unspecified atom stereocenters. The normalized spacial score (nSPS) is 10.4. The van der Waals surface area contributed by atoms with Crippen LogP contribution in [-0.4, -0.2) is 14.5 Å². The van der Waals surface area contributed by atoms with Gasteiger partial charge in [0.1, 0.15) is 9.63 Å². The lowest BCUT2D eigenvalue weighted by atomic mass is 10.3. The average molecular weight is 301 g/mol. The Bertz CT molecular complexity index is 570. The van der Waals surface area contributed by atoms with Gasteiger partial charge in [-0.2, -0.15) is 0 Å². The molecule has 2 heterocycles. The van der Waals surface area contributed by atoms with Crippen LogP contribution in [-0.2, 0) is 6.54 Å². The molecule has 0 bridgehead atoms. The molecular formula is C10H7BrClN3O. The van der Waals surface area contributed by atoms with Crippen LogP contribution >= 0.6 is 27.5 Å². The van der Waals surface area contributed by atoms with E-state index in [1.807, 2.05) is 6.07 Å². The fourth-order valence-corrected chi connectivity index (χ4v) is 1.78. The third-order valence-electron chi connectivity index (χ3n) is 2.04. The first-order valence-corrected chi connectivity index (χ1v) is 5.65. The van der Waals surface area contributed by atoms with Crippen molar-refractivity contribution in [1.82, 2.24) is 14.5 Å². The quantitative estimate of drug-likeness (QED) is 0.798. The number of hydrogen-bond donors (Lipinski definition) is 0. The molecule has 0 saturated heterocycles. The smallest absolute Gasteiger partial charge is 0.267 e. The summed E-state index contributed by atoms with van der Waals surface area (Å²) in [6.07, 6.45) is 4.54. The fraction of sp³-hybridized carbons (Fsp3) is 0.100. The molecule has 82 valence electrons. The van der Waals surface area contributed by atoms with Crippen LogP contribution in [0.2, 0.25) is 5.15 Å². The predicted octanol–water partition coefficient (Wildman–Crippen LogP) is 2.10. The minimum Gasteiger partial charge on any atom is -0.294 e. The summed E-state index contributed by atoms with van der Waals surface area (Å²) in [5.41, 5.74) is 0.640. The van der Waals surface area contributed by atoms with E-state index in [2.05, 4.69) is 25.9 Å². The van der Waals surface area contributed by atoms with E-state index in [9.17, 15) is 4.79 Å². The number of aromatic nitrogens is 3. The Morgan fingerprint density at radius 2 is 2.31 bits per heavy atom. The molecule has 0 saturated carbocycles. The Hall–Kier alpha value is -1.20. The van der Waals surface area contributed by atoms with Crippen molar-refractivity contribution in [3.05, 3.63) is 56.4 Å². The van der Waals surface area contributed by atoms with Crippen LogP contribution in [0.5, 0.6) is 0 Å². The summed E-state index contributed by atoms with van der Waals surface area (Å²) in [5, 5.41) is 0.398. The van der Waals surface area contributed by atoms with Gasteiger partial charge in [0.05, 0.1) is 12.9 Å². The van der Waals surface area contributed by atoms with E-state index in [4.69, 9.17) is 11.6 Å². The molecule has 0 radical (unpaired) electrons. The van der Waals surface area contributed by atoms with Gasteiger partial charge in [0.15, 0.2) is 0 Å². The molecule has 0 aliphatic rings. The summed E-state index contributed by atoms with van der Waals surface area (Å²) in [6.45, 7) is 0.359. The van der Waals surface area contributed by atoms with Crippen molar-refractivity contribution in [2.24, 2.45) is 0 Å². The maximum atomic E-state index is 11.7. The van der Waals surface area contributed by atoms with Crippen LogP contribution < -0.4 is 5.56 Å². The van der Waals surface area contributed by atoms with Gasteiger partial charge < -0.3 is 0 Å². The molecule has 0 atom stereocenters. The Morgan fingerprint density at radius 1 is 1.50 bits per heavy atom. The van der Waals surface area contributed by atoms with Gasteiger partial charge in [-0.3, -0.25) is 9.36 Å². The van der Waals surface area contributed by atoms with E-state index in [1.54, 1.807) is 12.3 Å². The summed E-state index contributed by atoms with van der Waals surface area (Å²) in [4.78, 5) is 19.6. The second kappa shape index (κ2) is 4.76. The van der Waals surface area contributed by atoms with E-state index in [0.717, 1.165) is 5.56 Å². The fourth-order valence-electron chi connectivity index (χ4n) is 1.26. The van der Waals surface area contributed by atoms with Crippen LogP contribution in [0.4, 0.5) is 0 Å². The zero-order valence-corrected chi connectivity index (χ0v) is 10.4. The second-order valence-corrected chi connectivity index (χ2v) is 4.34. The molecule has 4 nitrogen and oxygen atoms in total. The van der Waals surface area contributed by atoms with Gasteiger partial charge in [0, 0.05) is 18.0 Å². The lowest BCUT2D eigenvalue weighted by Crippen LogP contribution is -2.21. The Labute approximate surface area is 105 Å². The molecule has 2 aromatic heterocycles. The third-order valence-corrected chi connectivity index (χ3v) is 2.92. The van der Waals surface area contributed by atoms with Gasteiger partial charge in [0.2, 0.25) is 0 Å². The van der Waals surface area contributed by atoms with Crippen LogP contribution in [0.1, 0.15) is 5.56 Å². The van der Waals surface area contributed by atoms with Crippen molar-refractivity contribution in [2.45, 2.75) is 6.54 Å². The predicted molar refractivity (Wildman–Crippen MR) is 64.5 cm³/mol. The van der Waals surface area contributed by atoms with E-state index >= 15 is 0 Å². The van der Waals surface area contributed by atoms with Crippen LogP contribution in [0.15, 0.2) is 40.1 Å². The standard InChI is InChI=1S/C10H7BrClN3O/c11-8-4-13-6-15(10(8)16)5-7-2-1-3-14-9(7)12/h1-4,6H,5H2. The first-order chi connectivity index (χ1) is 7.68. The van der Waals surface area contributed by atoms with Crippen LogP contribution in [0, 0.1) is 0 Å². The monoisotopic (exact) mass is 299 g/mol. The molecule has 0 spiro atoms. The molecular weight excluding hydrogens is 293 g/mol. The number of nitrogens with zero attached hydrogens (tertiary/aromatic N) is 3. The number of rotatable bonds is 2. The highest BCUT2D eigenvalue weighted by atomic mass is 79.9. The number of pyridine rings is 1. The zero-order valence-electron chi connectivity index (χ0n) is 8.10. The van der Waals surface area contributed by atoms with Crippen molar-refractivity contribution < 1.29 is 0 Å². The molecule has 0 fully saturated rings. The topological polar surface area (TPSA) is 47.8 Å². The molecule has 16 heavy (non-hydrogen) atoms.